The molecule has 3 rings (SSSR count). The van der Waals surface area contributed by atoms with Gasteiger partial charge in [0.25, 0.3) is 0 Å². The average Bonchev–Trinajstić information content (AvgIpc) is 2.56. The highest BCUT2D eigenvalue weighted by molar-refractivity contribution is 7.85. The van der Waals surface area contributed by atoms with Crippen molar-refractivity contribution in [2.45, 2.75) is 57.8 Å². The Bertz CT molecular complexity index is 674. The van der Waals surface area contributed by atoms with Crippen molar-refractivity contribution in [1.82, 2.24) is 0 Å². The van der Waals surface area contributed by atoms with E-state index in [9.17, 15) is 9.00 Å². The van der Waals surface area contributed by atoms with Gasteiger partial charge in [-0.2, -0.15) is 0 Å². The molecule has 1 saturated carbocycles. The van der Waals surface area contributed by atoms with Gasteiger partial charge in [-0.1, -0.05) is 45.4 Å². The SMILES string of the molecule is CC1(C)CCC[C@]2(C)C(CS(=O)c3ccccc3)=C(C=O)CC[C@@H]12. The normalized spacial score (nSPS) is 30.5. The average molecular weight is 345 g/mol. The lowest BCUT2D eigenvalue weighted by Crippen LogP contribution is -2.46. The van der Waals surface area contributed by atoms with Crippen molar-refractivity contribution < 1.29 is 9.00 Å². The molecule has 1 aromatic rings. The van der Waals surface area contributed by atoms with Crippen molar-refractivity contribution in [3.63, 3.8) is 0 Å². The van der Waals surface area contributed by atoms with E-state index in [-0.39, 0.29) is 5.41 Å². The van der Waals surface area contributed by atoms with Crippen LogP contribution >= 0.6 is 0 Å². The number of aldehydes is 1. The van der Waals surface area contributed by atoms with Crippen LogP contribution < -0.4 is 0 Å². The quantitative estimate of drug-likeness (QED) is 0.727. The number of fused-ring (bicyclic) bond motifs is 1. The molecule has 3 heteroatoms. The molecule has 2 nitrogen and oxygen atoms in total. The third-order valence-corrected chi connectivity index (χ3v) is 7.78. The van der Waals surface area contributed by atoms with Gasteiger partial charge in [-0.25, -0.2) is 0 Å². The maximum absolute atomic E-state index is 12.9. The molecule has 1 fully saturated rings. The van der Waals surface area contributed by atoms with E-state index in [0.29, 0.717) is 17.1 Å². The second-order valence-corrected chi connectivity index (χ2v) is 9.73. The zero-order valence-electron chi connectivity index (χ0n) is 15.0. The van der Waals surface area contributed by atoms with Gasteiger partial charge < -0.3 is 0 Å². The Kier molecular flexibility index (Phi) is 4.83. The monoisotopic (exact) mass is 344 g/mol. The van der Waals surface area contributed by atoms with Gasteiger partial charge in [0.15, 0.2) is 0 Å². The van der Waals surface area contributed by atoms with E-state index in [1.54, 1.807) is 0 Å². The number of rotatable bonds is 4. The summed E-state index contributed by atoms with van der Waals surface area (Å²) >= 11 is 0. The number of hydrogen-bond donors (Lipinski definition) is 0. The third kappa shape index (κ3) is 3.03. The molecule has 0 N–H and O–H groups in total. The first-order chi connectivity index (χ1) is 11.4. The fourth-order valence-electron chi connectivity index (χ4n) is 5.18. The Hall–Kier alpha value is -1.22. The first-order valence-electron chi connectivity index (χ1n) is 8.99. The van der Waals surface area contributed by atoms with Gasteiger partial charge in [0.05, 0.1) is 16.6 Å². The maximum Gasteiger partial charge on any atom is 0.146 e. The lowest BCUT2D eigenvalue weighted by molar-refractivity contribution is -0.105. The van der Waals surface area contributed by atoms with E-state index in [1.807, 2.05) is 30.3 Å². The minimum atomic E-state index is -1.09. The highest BCUT2D eigenvalue weighted by Gasteiger charge is 2.50. The number of allylic oxidation sites excluding steroid dienone is 1. The van der Waals surface area contributed by atoms with Crippen LogP contribution in [-0.4, -0.2) is 16.2 Å². The van der Waals surface area contributed by atoms with E-state index >= 15 is 0 Å². The minimum Gasteiger partial charge on any atom is -0.298 e. The van der Waals surface area contributed by atoms with Gasteiger partial charge >= 0.3 is 0 Å². The van der Waals surface area contributed by atoms with Crippen LogP contribution in [0.15, 0.2) is 46.4 Å². The summed E-state index contributed by atoms with van der Waals surface area (Å²) in [5, 5.41) is 0. The van der Waals surface area contributed by atoms with Crippen LogP contribution in [-0.2, 0) is 15.6 Å². The number of carbonyl (C=O) groups is 1. The first-order valence-corrected chi connectivity index (χ1v) is 10.3. The third-order valence-electron chi connectivity index (χ3n) is 6.43. The molecule has 24 heavy (non-hydrogen) atoms. The molecule has 0 amide bonds. The van der Waals surface area contributed by atoms with Crippen molar-refractivity contribution in [1.29, 1.82) is 0 Å². The Morgan fingerprint density at radius 1 is 1.17 bits per heavy atom. The molecule has 3 atom stereocenters. The molecule has 0 radical (unpaired) electrons. The van der Waals surface area contributed by atoms with Gasteiger partial charge in [0, 0.05) is 4.90 Å². The van der Waals surface area contributed by atoms with Gasteiger partial charge in [0.2, 0.25) is 0 Å². The van der Waals surface area contributed by atoms with Crippen molar-refractivity contribution in [2.24, 2.45) is 16.7 Å². The molecule has 0 bridgehead atoms. The molecule has 1 aromatic carbocycles. The van der Waals surface area contributed by atoms with Crippen molar-refractivity contribution in [2.75, 3.05) is 5.75 Å². The topological polar surface area (TPSA) is 34.1 Å². The second kappa shape index (κ2) is 6.59. The molecule has 0 aromatic heterocycles. The highest BCUT2D eigenvalue weighted by atomic mass is 32.2. The number of carbonyl (C=O) groups excluding carboxylic acids is 1. The summed E-state index contributed by atoms with van der Waals surface area (Å²) < 4.78 is 12.9. The molecule has 1 unspecified atom stereocenters. The lowest BCUT2D eigenvalue weighted by atomic mass is 9.50. The second-order valence-electron chi connectivity index (χ2n) is 8.28. The summed E-state index contributed by atoms with van der Waals surface area (Å²) in [5.41, 5.74) is 2.39. The Morgan fingerprint density at radius 3 is 2.54 bits per heavy atom. The summed E-state index contributed by atoms with van der Waals surface area (Å²) in [7, 11) is -1.09. The van der Waals surface area contributed by atoms with Crippen LogP contribution in [0, 0.1) is 16.7 Å². The van der Waals surface area contributed by atoms with Crippen LogP contribution in [0.5, 0.6) is 0 Å². The van der Waals surface area contributed by atoms with E-state index < -0.39 is 10.8 Å². The molecule has 130 valence electrons. The van der Waals surface area contributed by atoms with Crippen LogP contribution in [0.3, 0.4) is 0 Å². The highest BCUT2D eigenvalue weighted by Crippen LogP contribution is 2.59. The van der Waals surface area contributed by atoms with E-state index in [4.69, 9.17) is 0 Å². The van der Waals surface area contributed by atoms with Gasteiger partial charge in [0.1, 0.15) is 6.29 Å². The number of hydrogen-bond acceptors (Lipinski definition) is 2. The standard InChI is InChI=1S/C21H28O2S/c1-20(2)12-7-13-21(3)18(16(14-22)10-11-19(20)21)15-24(23)17-8-5-4-6-9-17/h4-6,8-9,14,19H,7,10-13,15H2,1-3H3/t19-,21+,24?/m0/s1. The zero-order valence-corrected chi connectivity index (χ0v) is 15.8. The fourth-order valence-corrected chi connectivity index (χ4v) is 6.59. The minimum absolute atomic E-state index is 0.0146. The van der Waals surface area contributed by atoms with Crippen LogP contribution in [0.1, 0.15) is 52.9 Å². The summed E-state index contributed by atoms with van der Waals surface area (Å²) in [5.74, 6) is 1.08. The van der Waals surface area contributed by atoms with Gasteiger partial charge in [-0.3, -0.25) is 9.00 Å². The summed E-state index contributed by atoms with van der Waals surface area (Å²) in [4.78, 5) is 12.6. The van der Waals surface area contributed by atoms with E-state index in [2.05, 4.69) is 20.8 Å². The molecule has 0 aliphatic heterocycles. The largest absolute Gasteiger partial charge is 0.298 e. The van der Waals surface area contributed by atoms with E-state index in [0.717, 1.165) is 36.0 Å². The smallest absolute Gasteiger partial charge is 0.146 e. The predicted octanol–water partition coefficient (Wildman–Crippen LogP) is 4.92. The summed E-state index contributed by atoms with van der Waals surface area (Å²) in [6, 6.07) is 9.64. The summed E-state index contributed by atoms with van der Waals surface area (Å²) in [6.07, 6.45) is 6.50. The molecule has 0 saturated heterocycles. The molecular weight excluding hydrogens is 316 g/mol. The lowest BCUT2D eigenvalue weighted by Gasteiger charge is -2.55. The van der Waals surface area contributed by atoms with Crippen LogP contribution in [0.2, 0.25) is 0 Å². The van der Waals surface area contributed by atoms with Crippen molar-refractivity contribution in [3.05, 3.63) is 41.5 Å². The van der Waals surface area contributed by atoms with Gasteiger partial charge in [-0.05, 0) is 65.7 Å². The molecule has 0 heterocycles. The first kappa shape index (κ1) is 17.6. The van der Waals surface area contributed by atoms with Crippen LogP contribution in [0.4, 0.5) is 0 Å². The van der Waals surface area contributed by atoms with Crippen molar-refractivity contribution >= 4 is 17.1 Å². The zero-order chi connectivity index (χ0) is 17.4. The van der Waals surface area contributed by atoms with Gasteiger partial charge in [-0.15, -0.1) is 0 Å². The predicted molar refractivity (Wildman–Crippen MR) is 99.3 cm³/mol. The Balaban J connectivity index is 1.97. The summed E-state index contributed by atoms with van der Waals surface area (Å²) in [6.45, 7) is 7.05. The van der Waals surface area contributed by atoms with Crippen LogP contribution in [0.25, 0.3) is 0 Å². The molecule has 0 spiro atoms. The Labute approximate surface area is 148 Å². The maximum atomic E-state index is 12.9. The fraction of sp³-hybridized carbons (Fsp3) is 0.571. The Morgan fingerprint density at radius 2 is 1.88 bits per heavy atom. The van der Waals surface area contributed by atoms with Crippen molar-refractivity contribution in [3.8, 4) is 0 Å². The molecular formula is C21H28O2S. The number of benzene rings is 1. The molecule has 2 aliphatic rings. The molecule has 2 aliphatic carbocycles. The van der Waals surface area contributed by atoms with E-state index in [1.165, 1.54) is 18.4 Å².